The van der Waals surface area contributed by atoms with Crippen molar-refractivity contribution in [3.05, 3.63) is 102 Å². The summed E-state index contributed by atoms with van der Waals surface area (Å²) in [6, 6.07) is 25.6. The van der Waals surface area contributed by atoms with Gasteiger partial charge in [-0.1, -0.05) is 48.5 Å². The first-order valence-corrected chi connectivity index (χ1v) is 10.9. The van der Waals surface area contributed by atoms with E-state index in [0.29, 0.717) is 0 Å². The summed E-state index contributed by atoms with van der Waals surface area (Å²) in [5, 5.41) is 5.69. The molecular formula is C28H26F3NO. The van der Waals surface area contributed by atoms with Crippen LogP contribution in [0.4, 0.5) is 13.2 Å². The van der Waals surface area contributed by atoms with Crippen molar-refractivity contribution in [3.63, 3.8) is 0 Å². The number of ether oxygens (including phenoxy) is 1. The number of methoxy groups -OCH3 is 1. The lowest BCUT2D eigenvalue weighted by atomic mass is 9.92. The second-order valence-electron chi connectivity index (χ2n) is 8.25. The van der Waals surface area contributed by atoms with E-state index in [4.69, 9.17) is 4.74 Å². The number of halogens is 3. The minimum absolute atomic E-state index is 0.0176. The van der Waals surface area contributed by atoms with E-state index >= 15 is 0 Å². The highest BCUT2D eigenvalue weighted by Crippen LogP contribution is 2.35. The largest absolute Gasteiger partial charge is 0.497 e. The Balaban J connectivity index is 1.68. The van der Waals surface area contributed by atoms with Gasteiger partial charge in [0.05, 0.1) is 12.7 Å². The highest BCUT2D eigenvalue weighted by atomic mass is 19.4. The molecule has 0 aliphatic heterocycles. The van der Waals surface area contributed by atoms with Crippen LogP contribution in [-0.4, -0.2) is 7.11 Å². The zero-order chi connectivity index (χ0) is 23.6. The second kappa shape index (κ2) is 9.28. The van der Waals surface area contributed by atoms with Crippen LogP contribution < -0.4 is 10.1 Å². The van der Waals surface area contributed by atoms with Crippen LogP contribution in [0.1, 0.15) is 42.6 Å². The van der Waals surface area contributed by atoms with Crippen LogP contribution in [0, 0.1) is 0 Å². The average Bonchev–Trinajstić information content (AvgIpc) is 2.82. The molecule has 0 spiro atoms. The third-order valence-corrected chi connectivity index (χ3v) is 6.00. The van der Waals surface area contributed by atoms with Gasteiger partial charge in [0.15, 0.2) is 0 Å². The third-order valence-electron chi connectivity index (χ3n) is 6.00. The molecule has 0 heterocycles. The average molecular weight is 450 g/mol. The van der Waals surface area contributed by atoms with Gasteiger partial charge in [-0.25, -0.2) is 0 Å². The minimum Gasteiger partial charge on any atom is -0.497 e. The highest BCUT2D eigenvalue weighted by Gasteiger charge is 2.30. The molecule has 4 rings (SSSR count). The molecule has 0 aliphatic carbocycles. The summed E-state index contributed by atoms with van der Waals surface area (Å²) in [4.78, 5) is 0. The Morgan fingerprint density at radius 1 is 0.758 bits per heavy atom. The van der Waals surface area contributed by atoms with Crippen LogP contribution in [-0.2, 0) is 6.18 Å². The van der Waals surface area contributed by atoms with Crippen molar-refractivity contribution >= 4 is 10.8 Å². The number of hydrogen-bond acceptors (Lipinski definition) is 2. The maximum Gasteiger partial charge on any atom is 0.416 e. The Kier molecular flexibility index (Phi) is 6.43. The molecule has 170 valence electrons. The van der Waals surface area contributed by atoms with Crippen LogP contribution in [0.3, 0.4) is 0 Å². The molecule has 4 aromatic rings. The summed E-state index contributed by atoms with van der Waals surface area (Å²) in [5.41, 5.74) is 3.21. The van der Waals surface area contributed by atoms with Crippen LogP contribution >= 0.6 is 0 Å². The molecule has 0 bridgehead atoms. The van der Waals surface area contributed by atoms with Gasteiger partial charge >= 0.3 is 6.18 Å². The summed E-state index contributed by atoms with van der Waals surface area (Å²) in [6.07, 6.45) is -4.35. The zero-order valence-corrected chi connectivity index (χ0v) is 18.8. The van der Waals surface area contributed by atoms with Crippen molar-refractivity contribution < 1.29 is 17.9 Å². The molecule has 0 fully saturated rings. The summed E-state index contributed by atoms with van der Waals surface area (Å²) in [7, 11) is 1.65. The quantitative estimate of drug-likeness (QED) is 0.323. The Hall–Kier alpha value is -3.31. The van der Waals surface area contributed by atoms with E-state index in [-0.39, 0.29) is 12.1 Å². The number of rotatable bonds is 6. The molecular weight excluding hydrogens is 423 g/mol. The summed E-state index contributed by atoms with van der Waals surface area (Å²) < 4.78 is 44.5. The predicted molar refractivity (Wildman–Crippen MR) is 127 cm³/mol. The normalized spacial score (nSPS) is 13.6. The molecule has 1 N–H and O–H groups in total. The molecule has 2 atom stereocenters. The van der Waals surface area contributed by atoms with E-state index in [2.05, 4.69) is 37.4 Å². The van der Waals surface area contributed by atoms with Crippen LogP contribution in [0.15, 0.2) is 84.9 Å². The van der Waals surface area contributed by atoms with Gasteiger partial charge < -0.3 is 10.1 Å². The second-order valence-corrected chi connectivity index (χ2v) is 8.25. The first-order valence-electron chi connectivity index (χ1n) is 10.9. The van der Waals surface area contributed by atoms with E-state index in [9.17, 15) is 13.2 Å². The Bertz CT molecular complexity index is 1250. The lowest BCUT2D eigenvalue weighted by Crippen LogP contribution is -2.22. The van der Waals surface area contributed by atoms with Gasteiger partial charge in [-0.05, 0) is 83.3 Å². The van der Waals surface area contributed by atoms with E-state index in [0.717, 1.165) is 50.9 Å². The molecule has 0 aromatic heterocycles. The number of benzene rings is 4. The van der Waals surface area contributed by atoms with Gasteiger partial charge in [-0.3, -0.25) is 0 Å². The molecule has 0 radical (unpaired) electrons. The lowest BCUT2D eigenvalue weighted by Gasteiger charge is -2.22. The first kappa shape index (κ1) is 22.9. The van der Waals surface area contributed by atoms with Crippen LogP contribution in [0.5, 0.6) is 5.75 Å². The fourth-order valence-corrected chi connectivity index (χ4v) is 4.14. The van der Waals surface area contributed by atoms with Gasteiger partial charge in [0.1, 0.15) is 5.75 Å². The van der Waals surface area contributed by atoms with E-state index in [1.807, 2.05) is 42.5 Å². The van der Waals surface area contributed by atoms with Crippen LogP contribution in [0.2, 0.25) is 0 Å². The number of nitrogens with one attached hydrogen (secondary N) is 1. The molecule has 1 unspecified atom stereocenters. The SMILES string of the molecule is COc1cccc([C@@H](C)NC(C)c2cc(-c3ccc(C(F)(F)F)cc3)c3ccccc3c2)c1. The summed E-state index contributed by atoms with van der Waals surface area (Å²) in [6.45, 7) is 4.19. The minimum atomic E-state index is -4.35. The maximum absolute atomic E-state index is 13.0. The smallest absolute Gasteiger partial charge is 0.416 e. The molecule has 0 saturated carbocycles. The summed E-state index contributed by atoms with van der Waals surface area (Å²) >= 11 is 0. The van der Waals surface area contributed by atoms with E-state index < -0.39 is 11.7 Å². The monoisotopic (exact) mass is 449 g/mol. The number of fused-ring (bicyclic) bond motifs is 1. The Morgan fingerprint density at radius 3 is 2.15 bits per heavy atom. The summed E-state index contributed by atoms with van der Waals surface area (Å²) in [5.74, 6) is 0.809. The predicted octanol–water partition coefficient (Wildman–Crippen LogP) is 7.95. The van der Waals surface area contributed by atoms with Gasteiger partial charge in [-0.2, -0.15) is 13.2 Å². The van der Waals surface area contributed by atoms with Crippen molar-refractivity contribution in [2.75, 3.05) is 7.11 Å². The Labute approximate surface area is 192 Å². The van der Waals surface area contributed by atoms with Crippen molar-refractivity contribution in [1.29, 1.82) is 0 Å². The first-order chi connectivity index (χ1) is 15.8. The van der Waals surface area contributed by atoms with Gasteiger partial charge in [0, 0.05) is 12.1 Å². The van der Waals surface area contributed by atoms with Crippen molar-refractivity contribution in [3.8, 4) is 16.9 Å². The van der Waals surface area contributed by atoms with Crippen molar-refractivity contribution in [2.24, 2.45) is 0 Å². The molecule has 33 heavy (non-hydrogen) atoms. The van der Waals surface area contributed by atoms with Crippen LogP contribution in [0.25, 0.3) is 21.9 Å². The van der Waals surface area contributed by atoms with Gasteiger partial charge in [0.2, 0.25) is 0 Å². The fourth-order valence-electron chi connectivity index (χ4n) is 4.14. The zero-order valence-electron chi connectivity index (χ0n) is 18.8. The standard InChI is InChI=1S/C28H26F3NO/c1-18(21-8-6-9-25(16-21)33-3)32-19(2)23-15-22-7-4-5-10-26(22)27(17-23)20-11-13-24(14-12-20)28(29,30)31/h4-19,32H,1-3H3/t18-,19?/m1/s1. The van der Waals surface area contributed by atoms with Crippen molar-refractivity contribution in [2.45, 2.75) is 32.1 Å². The number of hydrogen-bond donors (Lipinski definition) is 1. The molecule has 4 aromatic carbocycles. The van der Waals surface area contributed by atoms with E-state index in [1.165, 1.54) is 0 Å². The van der Waals surface area contributed by atoms with E-state index in [1.54, 1.807) is 19.2 Å². The van der Waals surface area contributed by atoms with Gasteiger partial charge in [-0.15, -0.1) is 0 Å². The highest BCUT2D eigenvalue weighted by molar-refractivity contribution is 5.97. The van der Waals surface area contributed by atoms with Gasteiger partial charge in [0.25, 0.3) is 0 Å². The van der Waals surface area contributed by atoms with Crippen molar-refractivity contribution in [1.82, 2.24) is 5.32 Å². The lowest BCUT2D eigenvalue weighted by molar-refractivity contribution is -0.137. The molecule has 5 heteroatoms. The number of alkyl halides is 3. The molecule has 0 amide bonds. The maximum atomic E-state index is 13.0. The molecule has 0 aliphatic rings. The molecule has 0 saturated heterocycles. The Morgan fingerprint density at radius 2 is 1.45 bits per heavy atom. The topological polar surface area (TPSA) is 21.3 Å². The molecule has 2 nitrogen and oxygen atoms in total. The fraction of sp³-hybridized carbons (Fsp3) is 0.214. The third kappa shape index (κ3) is 5.04.